The standard InChI is InChI=1S/C11H16ClN3O.ClH/c1-7-2-8(4-13)6-15(7)11(16)10-3-9(12)5-14-10;/h3,5,7-8,14H,2,4,6,13H2,1H3;1H. The van der Waals surface area contributed by atoms with E-state index in [-0.39, 0.29) is 24.4 Å². The minimum Gasteiger partial charge on any atom is -0.356 e. The van der Waals surface area contributed by atoms with Crippen molar-refractivity contribution in [1.82, 2.24) is 9.88 Å². The highest BCUT2D eigenvalue weighted by Crippen LogP contribution is 2.24. The molecule has 96 valence electrons. The quantitative estimate of drug-likeness (QED) is 0.868. The third-order valence-electron chi connectivity index (χ3n) is 3.13. The van der Waals surface area contributed by atoms with Crippen LogP contribution in [0.25, 0.3) is 0 Å². The van der Waals surface area contributed by atoms with Crippen molar-refractivity contribution in [1.29, 1.82) is 0 Å². The number of rotatable bonds is 2. The maximum absolute atomic E-state index is 12.1. The summed E-state index contributed by atoms with van der Waals surface area (Å²) in [4.78, 5) is 16.9. The number of amides is 1. The molecule has 2 atom stereocenters. The van der Waals surface area contributed by atoms with Gasteiger partial charge in [-0.3, -0.25) is 4.79 Å². The van der Waals surface area contributed by atoms with E-state index in [9.17, 15) is 4.79 Å². The van der Waals surface area contributed by atoms with E-state index < -0.39 is 0 Å². The molecule has 0 aliphatic carbocycles. The molecule has 1 amide bonds. The predicted molar refractivity (Wildman–Crippen MR) is 70.7 cm³/mol. The zero-order chi connectivity index (χ0) is 11.7. The summed E-state index contributed by atoms with van der Waals surface area (Å²) in [5.74, 6) is 0.430. The highest BCUT2D eigenvalue weighted by atomic mass is 35.5. The second-order valence-corrected chi connectivity index (χ2v) is 4.81. The summed E-state index contributed by atoms with van der Waals surface area (Å²) in [5.41, 5.74) is 6.18. The molecule has 4 nitrogen and oxygen atoms in total. The van der Waals surface area contributed by atoms with E-state index in [1.165, 1.54) is 0 Å². The Kier molecular flexibility index (Phi) is 4.86. The van der Waals surface area contributed by atoms with E-state index >= 15 is 0 Å². The van der Waals surface area contributed by atoms with Gasteiger partial charge in [-0.2, -0.15) is 0 Å². The molecule has 1 fully saturated rings. The Balaban J connectivity index is 0.00000144. The van der Waals surface area contributed by atoms with Crippen LogP contribution in [0, 0.1) is 5.92 Å². The summed E-state index contributed by atoms with van der Waals surface area (Å²) in [5, 5.41) is 0.561. The van der Waals surface area contributed by atoms with Gasteiger partial charge in [0, 0.05) is 18.8 Å². The van der Waals surface area contributed by atoms with E-state index in [2.05, 4.69) is 11.9 Å². The molecule has 3 N–H and O–H groups in total. The van der Waals surface area contributed by atoms with Crippen LogP contribution in [0.3, 0.4) is 0 Å². The number of aromatic nitrogens is 1. The number of carbonyl (C=O) groups is 1. The Labute approximate surface area is 112 Å². The van der Waals surface area contributed by atoms with Gasteiger partial charge in [0.05, 0.1) is 5.02 Å². The molecular formula is C11H17Cl2N3O. The van der Waals surface area contributed by atoms with Crippen molar-refractivity contribution in [2.45, 2.75) is 19.4 Å². The molecule has 1 aromatic rings. The van der Waals surface area contributed by atoms with E-state index in [0.29, 0.717) is 23.2 Å². The molecule has 0 spiro atoms. The summed E-state index contributed by atoms with van der Waals surface area (Å²) in [6, 6.07) is 1.91. The van der Waals surface area contributed by atoms with Gasteiger partial charge in [0.2, 0.25) is 0 Å². The second kappa shape index (κ2) is 5.76. The van der Waals surface area contributed by atoms with E-state index in [0.717, 1.165) is 13.0 Å². The molecule has 0 aromatic carbocycles. The number of nitrogens with two attached hydrogens (primary N) is 1. The van der Waals surface area contributed by atoms with Crippen molar-refractivity contribution in [3.63, 3.8) is 0 Å². The molecule has 0 saturated carbocycles. The van der Waals surface area contributed by atoms with Gasteiger partial charge >= 0.3 is 0 Å². The summed E-state index contributed by atoms with van der Waals surface area (Å²) >= 11 is 5.78. The van der Waals surface area contributed by atoms with Gasteiger partial charge in [-0.1, -0.05) is 11.6 Å². The topological polar surface area (TPSA) is 62.1 Å². The van der Waals surface area contributed by atoms with Crippen LogP contribution in [-0.2, 0) is 0 Å². The van der Waals surface area contributed by atoms with Gasteiger partial charge in [0.25, 0.3) is 5.91 Å². The fourth-order valence-corrected chi connectivity index (χ4v) is 2.41. The molecule has 0 bridgehead atoms. The normalized spacial score (nSPS) is 23.6. The van der Waals surface area contributed by atoms with Gasteiger partial charge in [-0.25, -0.2) is 0 Å². The maximum Gasteiger partial charge on any atom is 0.270 e. The third-order valence-corrected chi connectivity index (χ3v) is 3.35. The monoisotopic (exact) mass is 277 g/mol. The lowest BCUT2D eigenvalue weighted by Crippen LogP contribution is -2.34. The largest absolute Gasteiger partial charge is 0.356 e. The number of hydrogen-bond acceptors (Lipinski definition) is 2. The van der Waals surface area contributed by atoms with E-state index in [4.69, 9.17) is 17.3 Å². The molecule has 1 aromatic heterocycles. The number of nitrogens with zero attached hydrogens (tertiary/aromatic N) is 1. The van der Waals surface area contributed by atoms with Crippen LogP contribution in [0.2, 0.25) is 5.02 Å². The number of hydrogen-bond donors (Lipinski definition) is 2. The first kappa shape index (κ1) is 14.4. The van der Waals surface area contributed by atoms with Crippen molar-refractivity contribution in [2.24, 2.45) is 11.7 Å². The van der Waals surface area contributed by atoms with Crippen LogP contribution in [0.4, 0.5) is 0 Å². The van der Waals surface area contributed by atoms with Crippen molar-refractivity contribution < 1.29 is 4.79 Å². The first-order chi connectivity index (χ1) is 7.61. The lowest BCUT2D eigenvalue weighted by atomic mass is 10.1. The molecule has 2 rings (SSSR count). The molecule has 2 heterocycles. The number of carbonyl (C=O) groups excluding carboxylic acids is 1. The van der Waals surface area contributed by atoms with Crippen LogP contribution in [0.15, 0.2) is 12.3 Å². The van der Waals surface area contributed by atoms with Gasteiger partial charge in [0.15, 0.2) is 0 Å². The average Bonchev–Trinajstić information content (AvgIpc) is 2.83. The number of H-pyrrole nitrogens is 1. The highest BCUT2D eigenvalue weighted by Gasteiger charge is 2.32. The van der Waals surface area contributed by atoms with Gasteiger partial charge in [-0.15, -0.1) is 12.4 Å². The minimum atomic E-state index is 0. The average molecular weight is 278 g/mol. The van der Waals surface area contributed by atoms with Gasteiger partial charge < -0.3 is 15.6 Å². The predicted octanol–water partition coefficient (Wildman–Crippen LogP) is 1.90. The van der Waals surface area contributed by atoms with Crippen LogP contribution in [0.5, 0.6) is 0 Å². The summed E-state index contributed by atoms with van der Waals surface area (Å²) in [7, 11) is 0. The van der Waals surface area contributed by atoms with Crippen molar-refractivity contribution >= 4 is 29.9 Å². The Morgan fingerprint density at radius 2 is 2.41 bits per heavy atom. The lowest BCUT2D eigenvalue weighted by Gasteiger charge is -2.20. The molecule has 0 radical (unpaired) electrons. The van der Waals surface area contributed by atoms with Crippen LogP contribution < -0.4 is 5.73 Å². The number of halogens is 2. The van der Waals surface area contributed by atoms with Gasteiger partial charge in [0.1, 0.15) is 5.69 Å². The smallest absolute Gasteiger partial charge is 0.270 e. The van der Waals surface area contributed by atoms with Crippen LogP contribution >= 0.6 is 24.0 Å². The molecule has 1 saturated heterocycles. The second-order valence-electron chi connectivity index (χ2n) is 4.38. The molecule has 17 heavy (non-hydrogen) atoms. The molecule has 1 aliphatic heterocycles. The Morgan fingerprint density at radius 1 is 1.71 bits per heavy atom. The van der Waals surface area contributed by atoms with E-state index in [1.807, 2.05) is 4.90 Å². The fourth-order valence-electron chi connectivity index (χ4n) is 2.24. The van der Waals surface area contributed by atoms with Crippen LogP contribution in [0.1, 0.15) is 23.8 Å². The Morgan fingerprint density at radius 3 is 2.88 bits per heavy atom. The van der Waals surface area contributed by atoms with Crippen LogP contribution in [-0.4, -0.2) is 34.9 Å². The Hall–Kier alpha value is -0.710. The number of likely N-dealkylation sites (tertiary alicyclic amines) is 1. The molecule has 1 aliphatic rings. The van der Waals surface area contributed by atoms with Crippen molar-refractivity contribution in [3.8, 4) is 0 Å². The van der Waals surface area contributed by atoms with Crippen molar-refractivity contribution in [2.75, 3.05) is 13.1 Å². The SMILES string of the molecule is CC1CC(CN)CN1C(=O)c1cc(Cl)c[nH]1.Cl. The highest BCUT2D eigenvalue weighted by molar-refractivity contribution is 6.30. The minimum absolute atomic E-state index is 0. The maximum atomic E-state index is 12.1. The third kappa shape index (κ3) is 2.94. The lowest BCUT2D eigenvalue weighted by molar-refractivity contribution is 0.0738. The Bertz CT molecular complexity index is 394. The molecule has 6 heteroatoms. The van der Waals surface area contributed by atoms with E-state index in [1.54, 1.807) is 12.3 Å². The zero-order valence-corrected chi connectivity index (χ0v) is 11.2. The van der Waals surface area contributed by atoms with Gasteiger partial charge in [-0.05, 0) is 31.9 Å². The molecule has 2 unspecified atom stereocenters. The number of nitrogens with one attached hydrogen (secondary N) is 1. The first-order valence-electron chi connectivity index (χ1n) is 5.46. The first-order valence-corrected chi connectivity index (χ1v) is 5.84. The summed E-state index contributed by atoms with van der Waals surface area (Å²) in [6.45, 7) is 3.44. The summed E-state index contributed by atoms with van der Waals surface area (Å²) in [6.07, 6.45) is 2.60. The fraction of sp³-hybridized carbons (Fsp3) is 0.545. The summed E-state index contributed by atoms with van der Waals surface area (Å²) < 4.78 is 0. The number of aromatic amines is 1. The van der Waals surface area contributed by atoms with Crippen molar-refractivity contribution in [3.05, 3.63) is 23.0 Å². The zero-order valence-electron chi connectivity index (χ0n) is 9.65. The molecular weight excluding hydrogens is 261 g/mol.